The van der Waals surface area contributed by atoms with Gasteiger partial charge in [0.2, 0.25) is 11.8 Å². The molecular weight excluding hydrogens is 272 g/mol. The molecule has 0 bridgehead atoms. The van der Waals surface area contributed by atoms with E-state index < -0.39 is 29.2 Å². The number of methoxy groups -OCH3 is 1. The van der Waals surface area contributed by atoms with Gasteiger partial charge in [0.1, 0.15) is 5.92 Å². The fourth-order valence-electron chi connectivity index (χ4n) is 2.58. The van der Waals surface area contributed by atoms with Gasteiger partial charge < -0.3 is 4.74 Å². The molecule has 1 aliphatic heterocycles. The van der Waals surface area contributed by atoms with Crippen molar-refractivity contribution in [2.24, 2.45) is 5.92 Å². The summed E-state index contributed by atoms with van der Waals surface area (Å²) in [6.07, 6.45) is -0.179. The minimum Gasteiger partial charge on any atom is -0.463 e. The highest BCUT2D eigenvalue weighted by Crippen LogP contribution is 2.41. The topological polar surface area (TPSA) is 68.0 Å². The fraction of sp³-hybridized carbons (Fsp3) is 0.333. The normalized spacial score (nSPS) is 20.8. The van der Waals surface area contributed by atoms with Crippen molar-refractivity contribution >= 4 is 17.8 Å². The molecule has 0 radical (unpaired) electrons. The van der Waals surface area contributed by atoms with Crippen LogP contribution in [-0.4, -0.2) is 36.8 Å². The molecule has 1 aromatic rings. The molecule has 0 unspecified atom stereocenters. The fourth-order valence-corrected chi connectivity index (χ4v) is 2.58. The van der Waals surface area contributed by atoms with Crippen LogP contribution in [0.4, 0.5) is 0 Å². The van der Waals surface area contributed by atoms with E-state index in [1.165, 1.54) is 7.05 Å². The van der Waals surface area contributed by atoms with Gasteiger partial charge in [-0.05, 0) is 0 Å². The molecular formula is C15H14N2O4. The van der Waals surface area contributed by atoms with E-state index in [0.29, 0.717) is 5.56 Å². The van der Waals surface area contributed by atoms with Crippen molar-refractivity contribution in [1.82, 2.24) is 4.90 Å². The number of esters is 1. The quantitative estimate of drug-likeness (QED) is 0.472. The van der Waals surface area contributed by atoms with Gasteiger partial charge in [0.25, 0.3) is 0 Å². The first-order valence-corrected chi connectivity index (χ1v) is 6.32. The predicted octanol–water partition coefficient (Wildman–Crippen LogP) is 0.979. The Morgan fingerprint density at radius 2 is 2.00 bits per heavy atom. The first kappa shape index (κ1) is 14.7. The number of likely N-dealkylation sites (tertiary alicyclic amines) is 1. The van der Waals surface area contributed by atoms with Gasteiger partial charge in [0, 0.05) is 19.0 Å². The van der Waals surface area contributed by atoms with Crippen LogP contribution in [-0.2, 0) is 24.7 Å². The van der Waals surface area contributed by atoms with Crippen LogP contribution in [0.25, 0.3) is 4.85 Å². The molecule has 0 saturated carbocycles. The Morgan fingerprint density at radius 3 is 2.43 bits per heavy atom. The van der Waals surface area contributed by atoms with Crippen molar-refractivity contribution in [1.29, 1.82) is 0 Å². The Morgan fingerprint density at radius 1 is 1.38 bits per heavy atom. The third kappa shape index (κ3) is 2.07. The molecule has 1 aliphatic rings. The minimum absolute atomic E-state index is 0.179. The van der Waals surface area contributed by atoms with E-state index in [0.717, 1.165) is 12.0 Å². The number of hydrogen-bond donors (Lipinski definition) is 0. The lowest BCUT2D eigenvalue weighted by atomic mass is 9.77. The van der Waals surface area contributed by atoms with Crippen LogP contribution in [0.3, 0.4) is 0 Å². The second-order valence-electron chi connectivity index (χ2n) is 4.78. The number of imide groups is 1. The number of nitrogens with zero attached hydrogens (tertiary/aromatic N) is 2. The van der Waals surface area contributed by atoms with Crippen LogP contribution < -0.4 is 0 Å². The summed E-state index contributed by atoms with van der Waals surface area (Å²) in [5, 5.41) is 0. The summed E-state index contributed by atoms with van der Waals surface area (Å²) < 4.78 is 4.76. The van der Waals surface area contributed by atoms with Crippen molar-refractivity contribution in [3.63, 3.8) is 0 Å². The number of ether oxygens (including phenoxy) is 1. The van der Waals surface area contributed by atoms with E-state index in [1.807, 2.05) is 0 Å². The summed E-state index contributed by atoms with van der Waals surface area (Å²) in [7, 11) is 2.51. The number of hydrogen-bond acceptors (Lipinski definition) is 4. The highest BCUT2D eigenvalue weighted by molar-refractivity contribution is 6.07. The molecule has 0 spiro atoms. The van der Waals surface area contributed by atoms with Crippen LogP contribution in [0, 0.1) is 12.5 Å². The zero-order valence-corrected chi connectivity index (χ0v) is 11.7. The third-order valence-corrected chi connectivity index (χ3v) is 3.77. The van der Waals surface area contributed by atoms with Crippen molar-refractivity contribution in [3.05, 3.63) is 47.3 Å². The molecule has 2 atom stereocenters. The van der Waals surface area contributed by atoms with Gasteiger partial charge in [0.05, 0.1) is 7.11 Å². The molecule has 1 saturated heterocycles. The summed E-state index contributed by atoms with van der Waals surface area (Å²) in [5.74, 6) is -2.84. The first-order chi connectivity index (χ1) is 9.98. The number of rotatable bonds is 3. The Hall–Kier alpha value is -2.68. The lowest BCUT2D eigenvalue weighted by Crippen LogP contribution is -2.44. The number of benzene rings is 1. The lowest BCUT2D eigenvalue weighted by Gasteiger charge is -2.23. The van der Waals surface area contributed by atoms with E-state index in [-0.39, 0.29) is 6.42 Å². The molecule has 2 rings (SSSR count). The molecule has 6 heteroatoms. The van der Waals surface area contributed by atoms with Crippen LogP contribution in [0.1, 0.15) is 12.0 Å². The van der Waals surface area contributed by atoms with Gasteiger partial charge >= 0.3 is 11.5 Å². The van der Waals surface area contributed by atoms with E-state index in [1.54, 1.807) is 30.3 Å². The zero-order chi connectivity index (χ0) is 15.6. The van der Waals surface area contributed by atoms with Crippen LogP contribution in [0.2, 0.25) is 0 Å². The van der Waals surface area contributed by atoms with Gasteiger partial charge in [-0.1, -0.05) is 30.3 Å². The zero-order valence-electron chi connectivity index (χ0n) is 11.7. The molecule has 1 aromatic carbocycles. The smallest absolute Gasteiger partial charge is 0.399 e. The van der Waals surface area contributed by atoms with Gasteiger partial charge in [-0.2, -0.15) is 0 Å². The predicted molar refractivity (Wildman–Crippen MR) is 72.6 cm³/mol. The molecule has 108 valence electrons. The molecule has 21 heavy (non-hydrogen) atoms. The van der Waals surface area contributed by atoms with Crippen LogP contribution >= 0.6 is 0 Å². The van der Waals surface area contributed by atoms with E-state index in [9.17, 15) is 14.4 Å². The Labute approximate surface area is 122 Å². The summed E-state index contributed by atoms with van der Waals surface area (Å²) in [5.41, 5.74) is -1.47. The molecule has 1 heterocycles. The van der Waals surface area contributed by atoms with Gasteiger partial charge in [-0.15, -0.1) is 0 Å². The number of amides is 2. The maximum Gasteiger partial charge on any atom is 0.399 e. The monoisotopic (exact) mass is 286 g/mol. The second-order valence-corrected chi connectivity index (χ2v) is 4.78. The lowest BCUT2D eigenvalue weighted by molar-refractivity contribution is -0.151. The second kappa shape index (κ2) is 5.37. The standard InChI is InChI=1S/C15H14N2O4/c1-16-15(14(20)21-3,10-7-5-4-6-8-10)11-9-12(18)17(2)13(11)19/h4-8,11H,9H2,2-3H3/t11-,15-/m0/s1. The Kier molecular flexibility index (Phi) is 3.76. The van der Waals surface area contributed by atoms with Crippen LogP contribution in [0.5, 0.6) is 0 Å². The average molecular weight is 286 g/mol. The summed E-state index contributed by atoms with van der Waals surface area (Å²) in [6, 6.07) is 8.26. The van der Waals surface area contributed by atoms with Crippen molar-refractivity contribution in [2.45, 2.75) is 12.0 Å². The summed E-state index contributed by atoms with van der Waals surface area (Å²) >= 11 is 0. The Balaban J connectivity index is 2.63. The van der Waals surface area contributed by atoms with Gasteiger partial charge in [0.15, 0.2) is 0 Å². The highest BCUT2D eigenvalue weighted by atomic mass is 16.5. The largest absolute Gasteiger partial charge is 0.463 e. The maximum atomic E-state index is 12.3. The highest BCUT2D eigenvalue weighted by Gasteiger charge is 2.63. The molecule has 6 nitrogen and oxygen atoms in total. The number of carbonyl (C=O) groups excluding carboxylic acids is 3. The molecule has 0 aliphatic carbocycles. The summed E-state index contributed by atoms with van der Waals surface area (Å²) in [6.45, 7) is 7.51. The SMILES string of the molecule is [C-]#[N+][C@@](C(=O)OC)(c1ccccc1)[C@H]1CC(=O)N(C)C1=O. The minimum atomic E-state index is -1.83. The van der Waals surface area contributed by atoms with Crippen molar-refractivity contribution in [3.8, 4) is 0 Å². The summed E-state index contributed by atoms with van der Waals surface area (Å²) in [4.78, 5) is 40.7. The molecule has 0 N–H and O–H groups in total. The van der Waals surface area contributed by atoms with Gasteiger partial charge in [-0.3, -0.25) is 19.3 Å². The van der Waals surface area contributed by atoms with Crippen molar-refractivity contribution in [2.75, 3.05) is 14.2 Å². The third-order valence-electron chi connectivity index (χ3n) is 3.77. The first-order valence-electron chi connectivity index (χ1n) is 6.32. The van der Waals surface area contributed by atoms with Crippen molar-refractivity contribution < 1.29 is 19.1 Å². The van der Waals surface area contributed by atoms with E-state index in [2.05, 4.69) is 4.85 Å². The van der Waals surface area contributed by atoms with E-state index in [4.69, 9.17) is 11.3 Å². The Bertz CT molecular complexity index is 635. The number of carbonyl (C=O) groups is 3. The molecule has 1 fully saturated rings. The van der Waals surface area contributed by atoms with Crippen LogP contribution in [0.15, 0.2) is 30.3 Å². The molecule has 2 amide bonds. The maximum absolute atomic E-state index is 12.3. The van der Waals surface area contributed by atoms with E-state index >= 15 is 0 Å². The average Bonchev–Trinajstić information content (AvgIpc) is 2.77. The van der Waals surface area contributed by atoms with Gasteiger partial charge in [-0.25, -0.2) is 11.4 Å². The molecule has 0 aromatic heterocycles.